The molecule has 1 atom stereocenters. The molecule has 7 heteroatoms. The molecule has 1 amide bonds. The van der Waals surface area contributed by atoms with Crippen LogP contribution in [0.5, 0.6) is 0 Å². The summed E-state index contributed by atoms with van der Waals surface area (Å²) in [6, 6.07) is 15.4. The van der Waals surface area contributed by atoms with Crippen molar-refractivity contribution in [3.63, 3.8) is 0 Å². The van der Waals surface area contributed by atoms with Gasteiger partial charge in [0, 0.05) is 16.9 Å². The van der Waals surface area contributed by atoms with Crippen LogP contribution in [0.1, 0.15) is 27.7 Å². The fourth-order valence-electron chi connectivity index (χ4n) is 3.50. The maximum absolute atomic E-state index is 13.3. The number of carbonyl (C=O) groups is 1. The molecule has 0 radical (unpaired) electrons. The summed E-state index contributed by atoms with van der Waals surface area (Å²) in [7, 11) is 0. The van der Waals surface area contributed by atoms with Gasteiger partial charge in [0.05, 0.1) is 17.0 Å². The van der Waals surface area contributed by atoms with Crippen molar-refractivity contribution < 1.29 is 9.21 Å². The summed E-state index contributed by atoms with van der Waals surface area (Å²) in [5, 5.41) is 0.437. The van der Waals surface area contributed by atoms with E-state index in [1.165, 1.54) is 4.90 Å². The highest BCUT2D eigenvalue weighted by Gasteiger charge is 2.44. The number of benzene rings is 2. The zero-order chi connectivity index (χ0) is 19.3. The predicted molar refractivity (Wildman–Crippen MR) is 107 cm³/mol. The summed E-state index contributed by atoms with van der Waals surface area (Å²) in [4.78, 5) is 36.4. The number of rotatable bonds is 2. The highest BCUT2D eigenvalue weighted by molar-refractivity contribution is 9.10. The third-order valence-corrected chi connectivity index (χ3v) is 5.26. The first-order chi connectivity index (χ1) is 13.6. The van der Waals surface area contributed by atoms with Crippen LogP contribution in [-0.2, 0) is 0 Å². The molecule has 4 aromatic rings. The summed E-state index contributed by atoms with van der Waals surface area (Å²) in [5.74, 6) is -0.184. The Bertz CT molecular complexity index is 1270. The van der Waals surface area contributed by atoms with E-state index in [1.807, 2.05) is 24.3 Å². The van der Waals surface area contributed by atoms with Crippen LogP contribution >= 0.6 is 15.9 Å². The van der Waals surface area contributed by atoms with Crippen molar-refractivity contribution in [1.29, 1.82) is 0 Å². The third kappa shape index (κ3) is 2.47. The van der Waals surface area contributed by atoms with Crippen LogP contribution in [0.4, 0.5) is 5.95 Å². The zero-order valence-corrected chi connectivity index (χ0v) is 16.0. The summed E-state index contributed by atoms with van der Waals surface area (Å²) in [6.07, 6.45) is 3.12. The molecule has 28 heavy (non-hydrogen) atoms. The Morgan fingerprint density at radius 3 is 2.39 bits per heavy atom. The molecule has 0 spiro atoms. The van der Waals surface area contributed by atoms with Crippen LogP contribution in [0.25, 0.3) is 11.0 Å². The lowest BCUT2D eigenvalue weighted by Gasteiger charge is -2.23. The van der Waals surface area contributed by atoms with E-state index in [4.69, 9.17) is 4.42 Å². The molecule has 0 unspecified atom stereocenters. The minimum atomic E-state index is -0.668. The van der Waals surface area contributed by atoms with Crippen molar-refractivity contribution in [2.75, 3.05) is 4.90 Å². The number of para-hydroxylation sites is 1. The van der Waals surface area contributed by atoms with E-state index in [2.05, 4.69) is 25.9 Å². The molecule has 0 N–H and O–H groups in total. The number of aromatic nitrogens is 2. The Balaban J connectivity index is 1.83. The number of anilines is 1. The molecule has 0 saturated carbocycles. The smallest absolute Gasteiger partial charge is 0.297 e. The fourth-order valence-corrected chi connectivity index (χ4v) is 3.77. The monoisotopic (exact) mass is 433 g/mol. The first-order valence-electron chi connectivity index (χ1n) is 8.57. The zero-order valence-electron chi connectivity index (χ0n) is 14.4. The summed E-state index contributed by atoms with van der Waals surface area (Å²) in [6.45, 7) is 0. The molecule has 1 aliphatic rings. The van der Waals surface area contributed by atoms with E-state index >= 15 is 0 Å². The molecule has 6 nitrogen and oxygen atoms in total. The minimum Gasteiger partial charge on any atom is -0.450 e. The van der Waals surface area contributed by atoms with Crippen LogP contribution in [-0.4, -0.2) is 15.9 Å². The van der Waals surface area contributed by atoms with Gasteiger partial charge in [-0.1, -0.05) is 40.2 Å². The number of nitrogens with zero attached hydrogens (tertiary/aromatic N) is 3. The van der Waals surface area contributed by atoms with Crippen molar-refractivity contribution in [2.45, 2.75) is 6.04 Å². The van der Waals surface area contributed by atoms with Crippen molar-refractivity contribution >= 4 is 38.8 Å². The lowest BCUT2D eigenvalue weighted by atomic mass is 9.99. The lowest BCUT2D eigenvalue weighted by Crippen LogP contribution is -2.31. The molecule has 2 aromatic heterocycles. The molecule has 0 fully saturated rings. The van der Waals surface area contributed by atoms with E-state index in [-0.39, 0.29) is 17.1 Å². The minimum absolute atomic E-state index is 0.0315. The second-order valence-corrected chi connectivity index (χ2v) is 7.26. The van der Waals surface area contributed by atoms with Crippen LogP contribution in [0.2, 0.25) is 0 Å². The fraction of sp³-hybridized carbons (Fsp3) is 0.0476. The largest absolute Gasteiger partial charge is 0.450 e. The third-order valence-electron chi connectivity index (χ3n) is 4.73. The molecule has 2 aromatic carbocycles. The maximum atomic E-state index is 13.3. The van der Waals surface area contributed by atoms with E-state index < -0.39 is 11.9 Å². The molecule has 5 rings (SSSR count). The van der Waals surface area contributed by atoms with Gasteiger partial charge in [0.15, 0.2) is 5.43 Å². The first kappa shape index (κ1) is 16.8. The number of carbonyl (C=O) groups excluding carboxylic acids is 1. The summed E-state index contributed by atoms with van der Waals surface area (Å²) < 4.78 is 6.77. The Morgan fingerprint density at radius 1 is 0.929 bits per heavy atom. The van der Waals surface area contributed by atoms with Gasteiger partial charge >= 0.3 is 0 Å². The number of hydrogen-bond acceptors (Lipinski definition) is 5. The van der Waals surface area contributed by atoms with Gasteiger partial charge in [-0.2, -0.15) is 0 Å². The van der Waals surface area contributed by atoms with Crippen LogP contribution < -0.4 is 10.3 Å². The van der Waals surface area contributed by atoms with Gasteiger partial charge in [-0.05, 0) is 35.9 Å². The SMILES string of the molecule is O=C1c2oc3ccccc3c(=O)c2[C@H](c2ccc(Br)cc2)N1c1ncccn1. The Kier molecular flexibility index (Phi) is 3.84. The van der Waals surface area contributed by atoms with Gasteiger partial charge < -0.3 is 4.42 Å². The number of fused-ring (bicyclic) bond motifs is 2. The highest BCUT2D eigenvalue weighted by Crippen LogP contribution is 2.40. The van der Waals surface area contributed by atoms with E-state index in [0.29, 0.717) is 16.5 Å². The Morgan fingerprint density at radius 2 is 1.64 bits per heavy atom. The van der Waals surface area contributed by atoms with Crippen molar-refractivity contribution in [3.8, 4) is 0 Å². The molecule has 0 bridgehead atoms. The van der Waals surface area contributed by atoms with Crippen molar-refractivity contribution in [2.24, 2.45) is 0 Å². The average molecular weight is 434 g/mol. The van der Waals surface area contributed by atoms with Crippen molar-refractivity contribution in [1.82, 2.24) is 9.97 Å². The molecule has 136 valence electrons. The number of halogens is 1. The van der Waals surface area contributed by atoms with Crippen molar-refractivity contribution in [3.05, 3.63) is 98.6 Å². The topological polar surface area (TPSA) is 76.3 Å². The molecule has 0 aliphatic carbocycles. The average Bonchev–Trinajstić information content (AvgIpc) is 3.02. The van der Waals surface area contributed by atoms with Crippen LogP contribution in [0.3, 0.4) is 0 Å². The van der Waals surface area contributed by atoms with Gasteiger partial charge in [0.1, 0.15) is 5.58 Å². The maximum Gasteiger partial charge on any atom is 0.297 e. The predicted octanol–water partition coefficient (Wildman–Crippen LogP) is 4.10. The molecule has 0 saturated heterocycles. The van der Waals surface area contributed by atoms with Gasteiger partial charge in [-0.25, -0.2) is 9.97 Å². The highest BCUT2D eigenvalue weighted by atomic mass is 79.9. The standard InChI is InChI=1S/C21H12BrN3O3/c22-13-8-6-12(7-9-13)17-16-18(26)14-4-1-2-5-15(14)28-19(16)20(27)25(17)21-23-10-3-11-24-21/h1-11,17H/t17-/m0/s1. The first-order valence-corrected chi connectivity index (χ1v) is 9.36. The Hall–Kier alpha value is -3.32. The quantitative estimate of drug-likeness (QED) is 0.475. The van der Waals surface area contributed by atoms with Gasteiger partial charge in [-0.3, -0.25) is 14.5 Å². The van der Waals surface area contributed by atoms with Crippen LogP contribution in [0, 0.1) is 0 Å². The number of hydrogen-bond donors (Lipinski definition) is 0. The Labute approximate surface area is 167 Å². The van der Waals surface area contributed by atoms with E-state index in [0.717, 1.165) is 10.0 Å². The summed E-state index contributed by atoms with van der Waals surface area (Å²) in [5.41, 5.74) is 1.23. The van der Waals surface area contributed by atoms with Gasteiger partial charge in [0.2, 0.25) is 11.7 Å². The van der Waals surface area contributed by atoms with Gasteiger partial charge in [-0.15, -0.1) is 0 Å². The molecule has 1 aliphatic heterocycles. The summed E-state index contributed by atoms with van der Waals surface area (Å²) >= 11 is 3.42. The normalized spacial score (nSPS) is 15.8. The van der Waals surface area contributed by atoms with Gasteiger partial charge in [0.25, 0.3) is 5.91 Å². The molecule has 3 heterocycles. The van der Waals surface area contributed by atoms with Crippen LogP contribution in [0.15, 0.2) is 80.7 Å². The van der Waals surface area contributed by atoms with E-state index in [9.17, 15) is 9.59 Å². The lowest BCUT2D eigenvalue weighted by molar-refractivity contribution is 0.0969. The second-order valence-electron chi connectivity index (χ2n) is 6.35. The van der Waals surface area contributed by atoms with E-state index in [1.54, 1.807) is 42.7 Å². The number of amides is 1. The molecular formula is C21H12BrN3O3. The molecular weight excluding hydrogens is 422 g/mol. The second kappa shape index (κ2) is 6.38.